The molecular weight excluding hydrogens is 259 g/mol. The van der Waals surface area contributed by atoms with Crippen molar-refractivity contribution in [1.29, 1.82) is 0 Å². The fourth-order valence-electron chi connectivity index (χ4n) is 1.49. The molecule has 102 valence electrons. The summed E-state index contributed by atoms with van der Waals surface area (Å²) in [6, 6.07) is 4.18. The number of aromatic nitrogens is 2. The minimum atomic E-state index is -4.36. The number of alkyl halides is 3. The summed E-state index contributed by atoms with van der Waals surface area (Å²) in [5.41, 5.74) is 5.44. The lowest BCUT2D eigenvalue weighted by molar-refractivity contribution is -0.137. The van der Waals surface area contributed by atoms with E-state index in [0.717, 1.165) is 12.1 Å². The van der Waals surface area contributed by atoms with Crippen LogP contribution in [0.2, 0.25) is 0 Å². The van der Waals surface area contributed by atoms with Gasteiger partial charge in [-0.25, -0.2) is 0 Å². The molecule has 1 atom stereocenters. The average Bonchev–Trinajstić information content (AvgIpc) is 2.86. The molecule has 1 aromatic carbocycles. The molecule has 0 fully saturated rings. The Morgan fingerprint density at radius 1 is 1.26 bits per heavy atom. The van der Waals surface area contributed by atoms with E-state index in [4.69, 9.17) is 10.3 Å². The Labute approximate surface area is 107 Å². The SMILES string of the molecule is CCC(N)c1noc(-c2ccc(C(F)(F)F)cc2)n1. The van der Waals surface area contributed by atoms with Crippen LogP contribution < -0.4 is 5.73 Å². The van der Waals surface area contributed by atoms with Crippen LogP contribution >= 0.6 is 0 Å². The Hall–Kier alpha value is -1.89. The number of benzene rings is 1. The molecule has 0 spiro atoms. The molecule has 4 nitrogen and oxygen atoms in total. The highest BCUT2D eigenvalue weighted by Gasteiger charge is 2.30. The van der Waals surface area contributed by atoms with Gasteiger partial charge in [0.15, 0.2) is 5.82 Å². The maximum Gasteiger partial charge on any atom is 0.416 e. The van der Waals surface area contributed by atoms with Crippen molar-refractivity contribution in [2.75, 3.05) is 0 Å². The number of nitrogens with zero attached hydrogens (tertiary/aromatic N) is 2. The summed E-state index contributed by atoms with van der Waals surface area (Å²) >= 11 is 0. The zero-order chi connectivity index (χ0) is 14.0. The molecule has 0 radical (unpaired) electrons. The van der Waals surface area contributed by atoms with Gasteiger partial charge in [-0.2, -0.15) is 18.2 Å². The highest BCUT2D eigenvalue weighted by Crippen LogP contribution is 2.30. The third kappa shape index (κ3) is 2.93. The quantitative estimate of drug-likeness (QED) is 0.931. The van der Waals surface area contributed by atoms with Gasteiger partial charge in [-0.1, -0.05) is 12.1 Å². The van der Waals surface area contributed by atoms with Crippen molar-refractivity contribution >= 4 is 0 Å². The minimum Gasteiger partial charge on any atom is -0.334 e. The molecule has 19 heavy (non-hydrogen) atoms. The highest BCUT2D eigenvalue weighted by molar-refractivity contribution is 5.53. The Morgan fingerprint density at radius 3 is 2.42 bits per heavy atom. The Morgan fingerprint density at radius 2 is 1.89 bits per heavy atom. The van der Waals surface area contributed by atoms with Gasteiger partial charge in [0.1, 0.15) is 0 Å². The van der Waals surface area contributed by atoms with E-state index in [1.807, 2.05) is 6.92 Å². The van der Waals surface area contributed by atoms with Crippen molar-refractivity contribution < 1.29 is 17.7 Å². The topological polar surface area (TPSA) is 64.9 Å². The summed E-state index contributed by atoms with van der Waals surface area (Å²) in [5.74, 6) is 0.505. The lowest BCUT2D eigenvalue weighted by Crippen LogP contribution is -2.10. The van der Waals surface area contributed by atoms with E-state index in [1.165, 1.54) is 12.1 Å². The molecule has 2 rings (SSSR count). The number of nitrogens with two attached hydrogens (primary N) is 1. The van der Waals surface area contributed by atoms with Crippen LogP contribution in [0.1, 0.15) is 30.8 Å². The average molecular weight is 271 g/mol. The van der Waals surface area contributed by atoms with Crippen LogP contribution in [0.5, 0.6) is 0 Å². The van der Waals surface area contributed by atoms with Crippen LogP contribution in [-0.4, -0.2) is 10.1 Å². The molecule has 7 heteroatoms. The van der Waals surface area contributed by atoms with E-state index >= 15 is 0 Å². The number of halogens is 3. The third-order valence-corrected chi connectivity index (χ3v) is 2.67. The zero-order valence-electron chi connectivity index (χ0n) is 10.1. The monoisotopic (exact) mass is 271 g/mol. The first-order valence-corrected chi connectivity index (χ1v) is 5.68. The van der Waals surface area contributed by atoms with Crippen molar-refractivity contribution in [1.82, 2.24) is 10.1 Å². The van der Waals surface area contributed by atoms with E-state index < -0.39 is 11.7 Å². The molecule has 0 amide bonds. The predicted octanol–water partition coefficient (Wildman–Crippen LogP) is 3.17. The minimum absolute atomic E-state index is 0.160. The van der Waals surface area contributed by atoms with Crippen LogP contribution in [0.4, 0.5) is 13.2 Å². The van der Waals surface area contributed by atoms with E-state index in [-0.39, 0.29) is 11.9 Å². The van der Waals surface area contributed by atoms with Crippen molar-refractivity contribution in [2.24, 2.45) is 5.73 Å². The van der Waals surface area contributed by atoms with E-state index in [1.54, 1.807) is 0 Å². The third-order valence-electron chi connectivity index (χ3n) is 2.67. The summed E-state index contributed by atoms with van der Waals surface area (Å²) in [7, 11) is 0. The summed E-state index contributed by atoms with van der Waals surface area (Å²) < 4.78 is 42.2. The number of rotatable bonds is 3. The Bertz CT molecular complexity index is 548. The van der Waals surface area contributed by atoms with E-state index in [0.29, 0.717) is 17.8 Å². The van der Waals surface area contributed by atoms with Gasteiger partial charge in [-0.05, 0) is 30.7 Å². The maximum atomic E-state index is 12.4. The van der Waals surface area contributed by atoms with Gasteiger partial charge in [0.25, 0.3) is 5.89 Å². The van der Waals surface area contributed by atoms with Crippen molar-refractivity contribution in [3.8, 4) is 11.5 Å². The second-order valence-corrected chi connectivity index (χ2v) is 4.05. The molecular formula is C12H12F3N3O. The summed E-state index contributed by atoms with van der Waals surface area (Å²) in [6.45, 7) is 1.87. The standard InChI is InChI=1S/C12H12F3N3O/c1-2-9(16)10-17-11(19-18-10)7-3-5-8(6-4-7)12(13,14)15/h3-6,9H,2,16H2,1H3. The Balaban J connectivity index is 2.25. The van der Waals surface area contributed by atoms with Gasteiger partial charge in [0.2, 0.25) is 0 Å². The summed E-state index contributed by atoms with van der Waals surface area (Å²) in [5, 5.41) is 3.70. The fourth-order valence-corrected chi connectivity index (χ4v) is 1.49. The van der Waals surface area contributed by atoms with Crippen LogP contribution in [0.15, 0.2) is 28.8 Å². The van der Waals surface area contributed by atoms with Crippen LogP contribution in [0.3, 0.4) is 0 Å². The normalized spacial score (nSPS) is 13.5. The van der Waals surface area contributed by atoms with Crippen LogP contribution in [-0.2, 0) is 6.18 Å². The molecule has 2 aromatic rings. The maximum absolute atomic E-state index is 12.4. The van der Waals surface area contributed by atoms with Crippen molar-refractivity contribution in [3.05, 3.63) is 35.7 Å². The zero-order valence-corrected chi connectivity index (χ0v) is 10.1. The molecule has 0 aliphatic heterocycles. The van der Waals surface area contributed by atoms with Gasteiger partial charge in [0.05, 0.1) is 11.6 Å². The number of hydrogen-bond donors (Lipinski definition) is 1. The lowest BCUT2D eigenvalue weighted by Gasteiger charge is -2.05. The molecule has 0 saturated carbocycles. The molecule has 0 saturated heterocycles. The van der Waals surface area contributed by atoms with Crippen molar-refractivity contribution in [2.45, 2.75) is 25.6 Å². The first-order chi connectivity index (χ1) is 8.91. The van der Waals surface area contributed by atoms with Crippen LogP contribution in [0.25, 0.3) is 11.5 Å². The lowest BCUT2D eigenvalue weighted by atomic mass is 10.1. The summed E-state index contributed by atoms with van der Waals surface area (Å²) in [6.07, 6.45) is -3.71. The van der Waals surface area contributed by atoms with Gasteiger partial charge in [-0.3, -0.25) is 0 Å². The van der Waals surface area contributed by atoms with Gasteiger partial charge in [-0.15, -0.1) is 0 Å². The van der Waals surface area contributed by atoms with Gasteiger partial charge < -0.3 is 10.3 Å². The molecule has 0 aliphatic rings. The number of hydrogen-bond acceptors (Lipinski definition) is 4. The summed E-state index contributed by atoms with van der Waals surface area (Å²) in [4.78, 5) is 4.06. The Kier molecular flexibility index (Phi) is 3.57. The second-order valence-electron chi connectivity index (χ2n) is 4.05. The first kappa shape index (κ1) is 13.5. The molecule has 0 aliphatic carbocycles. The molecule has 2 N–H and O–H groups in total. The first-order valence-electron chi connectivity index (χ1n) is 5.68. The molecule has 1 aromatic heterocycles. The largest absolute Gasteiger partial charge is 0.416 e. The predicted molar refractivity (Wildman–Crippen MR) is 62.0 cm³/mol. The van der Waals surface area contributed by atoms with Crippen LogP contribution in [0, 0.1) is 0 Å². The van der Waals surface area contributed by atoms with Gasteiger partial charge >= 0.3 is 6.18 Å². The molecule has 1 heterocycles. The second kappa shape index (κ2) is 5.00. The van der Waals surface area contributed by atoms with Gasteiger partial charge in [0, 0.05) is 5.56 Å². The molecule has 1 unspecified atom stereocenters. The van der Waals surface area contributed by atoms with Crippen molar-refractivity contribution in [3.63, 3.8) is 0 Å². The van der Waals surface area contributed by atoms with E-state index in [9.17, 15) is 13.2 Å². The highest BCUT2D eigenvalue weighted by atomic mass is 19.4. The molecule has 0 bridgehead atoms. The fraction of sp³-hybridized carbons (Fsp3) is 0.333. The van der Waals surface area contributed by atoms with E-state index in [2.05, 4.69) is 10.1 Å². The smallest absolute Gasteiger partial charge is 0.334 e.